The number of thiazole rings is 1. The van der Waals surface area contributed by atoms with Crippen molar-refractivity contribution < 1.29 is 13.2 Å². The quantitative estimate of drug-likeness (QED) is 0.522. The van der Waals surface area contributed by atoms with Gasteiger partial charge in [-0.25, -0.2) is 23.5 Å². The van der Waals surface area contributed by atoms with Gasteiger partial charge < -0.3 is 9.30 Å². The van der Waals surface area contributed by atoms with E-state index in [1.165, 1.54) is 23.5 Å². The van der Waals surface area contributed by atoms with E-state index in [0.717, 1.165) is 21.8 Å². The van der Waals surface area contributed by atoms with Crippen LogP contribution in [0.1, 0.15) is 0 Å². The topological polar surface area (TPSA) is 100 Å². The Hall–Kier alpha value is -2.59. The molecule has 0 fully saturated rings. The van der Waals surface area contributed by atoms with E-state index in [1.807, 2.05) is 40.3 Å². The Balaban J connectivity index is 1.84. The maximum atomic E-state index is 11.7. The molecule has 0 amide bonds. The van der Waals surface area contributed by atoms with Crippen molar-refractivity contribution in [3.63, 3.8) is 0 Å². The lowest BCUT2D eigenvalue weighted by molar-refractivity contribution is 0.188. The lowest BCUT2D eigenvalue weighted by atomic mass is 10.2. The molecule has 0 unspecified atom stereocenters. The number of fused-ring (bicyclic) bond motifs is 1. The molecule has 144 valence electrons. The lowest BCUT2D eigenvalue weighted by Gasteiger charge is -2.07. The van der Waals surface area contributed by atoms with Crippen molar-refractivity contribution in [2.75, 3.05) is 13.7 Å². The number of imidazole rings is 1. The van der Waals surface area contributed by atoms with Gasteiger partial charge in [-0.05, 0) is 18.2 Å². The van der Waals surface area contributed by atoms with E-state index in [1.54, 1.807) is 13.2 Å². The Morgan fingerprint density at radius 3 is 2.64 bits per heavy atom. The SMILES string of the molecule is COCCn1c(-c2nc(-c3ccccc3)cs2)nc2cc(S(N)(=O)=O)ccc21. The van der Waals surface area contributed by atoms with E-state index in [2.05, 4.69) is 4.98 Å². The molecule has 0 spiro atoms. The van der Waals surface area contributed by atoms with Crippen LogP contribution in [0.3, 0.4) is 0 Å². The molecule has 9 heteroatoms. The molecule has 0 aliphatic heterocycles. The van der Waals surface area contributed by atoms with Crippen LogP contribution in [0.25, 0.3) is 33.1 Å². The van der Waals surface area contributed by atoms with Crippen LogP contribution in [0, 0.1) is 0 Å². The predicted octanol–water partition coefficient (Wildman–Crippen LogP) is 3.12. The highest BCUT2D eigenvalue weighted by atomic mass is 32.2. The predicted molar refractivity (Wildman–Crippen MR) is 110 cm³/mol. The minimum absolute atomic E-state index is 0.0343. The normalized spacial score (nSPS) is 11.9. The molecule has 0 aliphatic carbocycles. The van der Waals surface area contributed by atoms with E-state index in [0.29, 0.717) is 24.5 Å². The summed E-state index contributed by atoms with van der Waals surface area (Å²) in [5.74, 6) is 0.672. The fourth-order valence-corrected chi connectivity index (χ4v) is 4.33. The number of benzene rings is 2. The third-order valence-corrected chi connectivity index (χ3v) is 6.08. The summed E-state index contributed by atoms with van der Waals surface area (Å²) in [7, 11) is -2.16. The molecule has 28 heavy (non-hydrogen) atoms. The zero-order chi connectivity index (χ0) is 19.7. The van der Waals surface area contributed by atoms with Crippen molar-refractivity contribution in [3.8, 4) is 22.1 Å². The number of rotatable bonds is 6. The number of hydrogen-bond acceptors (Lipinski definition) is 6. The molecule has 0 radical (unpaired) electrons. The zero-order valence-corrected chi connectivity index (χ0v) is 16.7. The van der Waals surface area contributed by atoms with E-state index < -0.39 is 10.0 Å². The molecule has 7 nitrogen and oxygen atoms in total. The summed E-state index contributed by atoms with van der Waals surface area (Å²) >= 11 is 1.49. The number of methoxy groups -OCH3 is 1. The fraction of sp³-hybridized carbons (Fsp3) is 0.158. The number of sulfonamides is 1. The molecule has 2 aromatic heterocycles. The van der Waals surface area contributed by atoms with Gasteiger partial charge >= 0.3 is 0 Å². The molecule has 2 aromatic carbocycles. The molecule has 0 aliphatic rings. The summed E-state index contributed by atoms with van der Waals surface area (Å²) in [6, 6.07) is 14.6. The van der Waals surface area contributed by atoms with Crippen LogP contribution in [-0.4, -0.2) is 36.7 Å². The van der Waals surface area contributed by atoms with Gasteiger partial charge in [-0.15, -0.1) is 11.3 Å². The van der Waals surface area contributed by atoms with Crippen LogP contribution in [0.5, 0.6) is 0 Å². The minimum Gasteiger partial charge on any atom is -0.383 e. The Morgan fingerprint density at radius 1 is 1.14 bits per heavy atom. The van der Waals surface area contributed by atoms with Gasteiger partial charge in [-0.2, -0.15) is 0 Å². The van der Waals surface area contributed by atoms with E-state index in [4.69, 9.17) is 14.9 Å². The van der Waals surface area contributed by atoms with Crippen molar-refractivity contribution in [2.24, 2.45) is 5.14 Å². The number of ether oxygens (including phenoxy) is 1. The molecular formula is C19H18N4O3S2. The van der Waals surface area contributed by atoms with Gasteiger partial charge in [0.05, 0.1) is 28.2 Å². The second-order valence-corrected chi connectivity index (χ2v) is 8.60. The molecule has 2 N–H and O–H groups in total. The molecule has 0 bridgehead atoms. The Bertz CT molecular complexity index is 1230. The molecule has 2 heterocycles. The summed E-state index contributed by atoms with van der Waals surface area (Å²) in [6.07, 6.45) is 0. The van der Waals surface area contributed by atoms with Gasteiger partial charge in [0.15, 0.2) is 10.8 Å². The first-order valence-corrected chi connectivity index (χ1v) is 10.9. The standard InChI is InChI=1S/C19H18N4O3S2/c1-26-10-9-23-17-8-7-14(28(20,24)25)11-15(17)21-18(23)19-22-16(12-27-19)13-5-3-2-4-6-13/h2-8,11-12H,9-10H2,1H3,(H2,20,24,25). The van der Waals surface area contributed by atoms with Gasteiger partial charge in [0.1, 0.15) is 0 Å². The third-order valence-electron chi connectivity index (χ3n) is 4.33. The highest BCUT2D eigenvalue weighted by molar-refractivity contribution is 7.89. The van der Waals surface area contributed by atoms with Crippen molar-refractivity contribution in [2.45, 2.75) is 11.4 Å². The van der Waals surface area contributed by atoms with Gasteiger partial charge in [0, 0.05) is 24.6 Å². The van der Waals surface area contributed by atoms with Crippen LogP contribution >= 0.6 is 11.3 Å². The van der Waals surface area contributed by atoms with Crippen LogP contribution in [0.15, 0.2) is 58.8 Å². The van der Waals surface area contributed by atoms with Crippen LogP contribution in [-0.2, 0) is 21.3 Å². The lowest BCUT2D eigenvalue weighted by Crippen LogP contribution is -2.12. The first kappa shape index (κ1) is 18.8. The largest absolute Gasteiger partial charge is 0.383 e. The maximum absolute atomic E-state index is 11.7. The number of hydrogen-bond donors (Lipinski definition) is 1. The zero-order valence-electron chi connectivity index (χ0n) is 15.1. The summed E-state index contributed by atoms with van der Waals surface area (Å²) in [5, 5.41) is 8.00. The van der Waals surface area contributed by atoms with Crippen LogP contribution < -0.4 is 5.14 Å². The maximum Gasteiger partial charge on any atom is 0.238 e. The molecule has 0 atom stereocenters. The molecule has 0 saturated carbocycles. The summed E-state index contributed by atoms with van der Waals surface area (Å²) in [6.45, 7) is 1.06. The second kappa shape index (κ2) is 7.44. The Labute approximate surface area is 166 Å². The molecule has 4 aromatic rings. The average Bonchev–Trinajstić information content (AvgIpc) is 3.30. The van der Waals surface area contributed by atoms with Crippen molar-refractivity contribution in [1.29, 1.82) is 0 Å². The molecule has 0 saturated heterocycles. The van der Waals surface area contributed by atoms with Gasteiger partial charge in [-0.1, -0.05) is 30.3 Å². The Morgan fingerprint density at radius 2 is 1.93 bits per heavy atom. The van der Waals surface area contributed by atoms with Crippen LogP contribution in [0.2, 0.25) is 0 Å². The van der Waals surface area contributed by atoms with E-state index >= 15 is 0 Å². The smallest absolute Gasteiger partial charge is 0.238 e. The van der Waals surface area contributed by atoms with E-state index in [9.17, 15) is 8.42 Å². The summed E-state index contributed by atoms with van der Waals surface area (Å²) in [5.41, 5.74) is 3.25. The van der Waals surface area contributed by atoms with E-state index in [-0.39, 0.29) is 4.90 Å². The number of nitrogens with zero attached hydrogens (tertiary/aromatic N) is 3. The van der Waals surface area contributed by atoms with Crippen LogP contribution in [0.4, 0.5) is 0 Å². The first-order valence-electron chi connectivity index (χ1n) is 8.51. The third kappa shape index (κ3) is 3.57. The van der Waals surface area contributed by atoms with Gasteiger partial charge in [-0.3, -0.25) is 0 Å². The first-order chi connectivity index (χ1) is 13.5. The van der Waals surface area contributed by atoms with Gasteiger partial charge in [0.25, 0.3) is 0 Å². The Kier molecular flexibility index (Phi) is 4.98. The molecule has 4 rings (SSSR count). The average molecular weight is 415 g/mol. The van der Waals surface area contributed by atoms with Crippen molar-refractivity contribution in [1.82, 2.24) is 14.5 Å². The number of primary sulfonamides is 1. The highest BCUT2D eigenvalue weighted by Crippen LogP contribution is 2.31. The fourth-order valence-electron chi connectivity index (χ4n) is 2.98. The highest BCUT2D eigenvalue weighted by Gasteiger charge is 2.18. The second-order valence-electron chi connectivity index (χ2n) is 6.18. The summed E-state index contributed by atoms with van der Waals surface area (Å²) in [4.78, 5) is 9.42. The number of aromatic nitrogens is 3. The van der Waals surface area contributed by atoms with Crippen molar-refractivity contribution >= 4 is 32.4 Å². The summed E-state index contributed by atoms with van der Waals surface area (Å²) < 4.78 is 30.6. The molecular weight excluding hydrogens is 396 g/mol. The minimum atomic E-state index is -3.80. The van der Waals surface area contributed by atoms with Crippen molar-refractivity contribution in [3.05, 3.63) is 53.9 Å². The number of nitrogens with two attached hydrogens (primary N) is 1. The van der Waals surface area contributed by atoms with Gasteiger partial charge in [0.2, 0.25) is 10.0 Å². The monoisotopic (exact) mass is 414 g/mol.